The van der Waals surface area contributed by atoms with E-state index in [4.69, 9.17) is 26.1 Å². The number of morpholine rings is 1. The Morgan fingerprint density at radius 1 is 1.56 bits per heavy atom. The van der Waals surface area contributed by atoms with Crippen molar-refractivity contribution in [1.82, 2.24) is 5.32 Å². The van der Waals surface area contributed by atoms with E-state index in [1.807, 2.05) is 5.87 Å². The van der Waals surface area contributed by atoms with Crippen molar-refractivity contribution in [3.8, 4) is 0 Å². The second-order valence-electron chi connectivity index (χ2n) is 5.83. The van der Waals surface area contributed by atoms with Gasteiger partial charge < -0.3 is 29.9 Å². The molecule has 1 aromatic rings. The van der Waals surface area contributed by atoms with Crippen molar-refractivity contribution >= 4 is 29.0 Å². The Balaban J connectivity index is 0.000000369. The fourth-order valence-electron chi connectivity index (χ4n) is 2.72. The minimum Gasteiger partial charge on any atom is -0.763 e. The van der Waals surface area contributed by atoms with Gasteiger partial charge in [0.25, 0.3) is 0 Å². The highest BCUT2D eigenvalue weighted by molar-refractivity contribution is 7.80. The van der Waals surface area contributed by atoms with Crippen LogP contribution < -0.4 is 10.6 Å². The van der Waals surface area contributed by atoms with Crippen molar-refractivity contribution in [2.75, 3.05) is 32.9 Å². The van der Waals surface area contributed by atoms with Gasteiger partial charge in [-0.05, 0) is 19.1 Å². The Labute approximate surface area is 163 Å². The molecule has 1 fully saturated rings. The second kappa shape index (κ2) is 10.6. The van der Waals surface area contributed by atoms with Crippen LogP contribution in [0, 0.1) is 0 Å². The molecule has 3 rings (SSSR count). The lowest BCUT2D eigenvalue weighted by Gasteiger charge is -2.28. The number of quaternary nitrogens is 1. The first-order valence-corrected chi connectivity index (χ1v) is 9.00. The standard InChI is InChI=1S/C15H13N2O3S.C4H9NO/c1-3-6-20-15(18)12-9(2)17-14(21)10(8-16)13(12)11-5-4-7-19-11;1-3-6-4-2-5-1/h3-5,7,13H,1,6H2,2H3,(H,17,21);5H,1-4H2/q-1;/p+1. The molecule has 3 N–H and O–H groups in total. The molecule has 1 unspecified atom stereocenters. The Hall–Kier alpha value is -2.51. The molecule has 3 heterocycles. The summed E-state index contributed by atoms with van der Waals surface area (Å²) >= 11 is 5.17. The van der Waals surface area contributed by atoms with E-state index < -0.39 is 11.9 Å². The number of esters is 1. The molecule has 1 saturated heterocycles. The predicted molar refractivity (Wildman–Crippen MR) is 105 cm³/mol. The molecule has 8 heteroatoms. The SMILES string of the molecule is C1COCC[NH2+]1.C=CCOC(=O)C1=C(C)NC(=S)C(=C=[N-])C1c1ccco1. The lowest BCUT2D eigenvalue weighted by molar-refractivity contribution is -0.670. The largest absolute Gasteiger partial charge is 0.763 e. The number of hydrogen-bond acceptors (Lipinski definition) is 5. The van der Waals surface area contributed by atoms with Gasteiger partial charge in [0.2, 0.25) is 0 Å². The number of nitrogens with two attached hydrogens (primary N) is 1. The predicted octanol–water partition coefficient (Wildman–Crippen LogP) is 1.04. The molecule has 0 amide bonds. The maximum absolute atomic E-state index is 12.3. The third-order valence-corrected chi connectivity index (χ3v) is 4.28. The molecule has 0 spiro atoms. The second-order valence-corrected chi connectivity index (χ2v) is 6.24. The summed E-state index contributed by atoms with van der Waals surface area (Å²) < 4.78 is 15.5. The molecule has 0 radical (unpaired) electrons. The zero-order valence-electron chi connectivity index (χ0n) is 15.2. The molecule has 27 heavy (non-hydrogen) atoms. The van der Waals surface area contributed by atoms with Crippen molar-refractivity contribution in [2.24, 2.45) is 0 Å². The molecular formula is C19H23N3O4S. The zero-order chi connectivity index (χ0) is 19.6. The topological polar surface area (TPSA) is 99.6 Å². The molecule has 2 aliphatic heterocycles. The molecule has 1 atom stereocenters. The number of allylic oxidation sites excluding steroid dienone is 1. The van der Waals surface area contributed by atoms with E-state index in [2.05, 4.69) is 17.2 Å². The number of carbonyl (C=O) groups excluding carboxylic acids is 1. The van der Waals surface area contributed by atoms with E-state index in [0.29, 0.717) is 17.0 Å². The van der Waals surface area contributed by atoms with Gasteiger partial charge in [-0.25, -0.2) is 4.79 Å². The van der Waals surface area contributed by atoms with E-state index in [-0.39, 0.29) is 17.2 Å². The van der Waals surface area contributed by atoms with Crippen molar-refractivity contribution in [3.63, 3.8) is 0 Å². The summed E-state index contributed by atoms with van der Waals surface area (Å²) in [5, 5.41) is 14.5. The molecule has 2 aliphatic rings. The summed E-state index contributed by atoms with van der Waals surface area (Å²) in [7, 11) is 0. The summed E-state index contributed by atoms with van der Waals surface area (Å²) in [6.45, 7) is 9.50. The third kappa shape index (κ3) is 5.48. The van der Waals surface area contributed by atoms with E-state index in [1.54, 1.807) is 19.1 Å². The normalized spacial score (nSPS) is 19.4. The molecule has 0 saturated carbocycles. The average Bonchev–Trinajstić information content (AvgIpc) is 3.22. The average molecular weight is 389 g/mol. The summed E-state index contributed by atoms with van der Waals surface area (Å²) in [6, 6.07) is 3.39. The van der Waals surface area contributed by atoms with Gasteiger partial charge in [-0.15, -0.1) is 0 Å². The first-order valence-electron chi connectivity index (χ1n) is 8.60. The van der Waals surface area contributed by atoms with Gasteiger partial charge >= 0.3 is 5.97 Å². The van der Waals surface area contributed by atoms with Crippen molar-refractivity contribution in [2.45, 2.75) is 12.8 Å². The fourth-order valence-corrected chi connectivity index (χ4v) is 3.03. The summed E-state index contributed by atoms with van der Waals surface area (Å²) in [5.41, 5.74) is 1.13. The van der Waals surface area contributed by atoms with Crippen LogP contribution in [-0.4, -0.2) is 49.7 Å². The van der Waals surface area contributed by atoms with Crippen LogP contribution in [0.1, 0.15) is 18.6 Å². The van der Waals surface area contributed by atoms with Gasteiger partial charge in [0.15, 0.2) is 0 Å². The van der Waals surface area contributed by atoms with Gasteiger partial charge in [0.1, 0.15) is 17.4 Å². The highest BCUT2D eigenvalue weighted by Gasteiger charge is 2.36. The number of carbonyl (C=O) groups is 1. The number of ether oxygens (including phenoxy) is 2. The number of rotatable bonds is 4. The van der Waals surface area contributed by atoms with Crippen molar-refractivity contribution in [3.05, 3.63) is 59.1 Å². The maximum Gasteiger partial charge on any atom is 0.337 e. The third-order valence-electron chi connectivity index (χ3n) is 3.96. The Morgan fingerprint density at radius 3 is 2.78 bits per heavy atom. The van der Waals surface area contributed by atoms with Crippen LogP contribution in [0.3, 0.4) is 0 Å². The van der Waals surface area contributed by atoms with Crippen LogP contribution in [0.25, 0.3) is 5.41 Å². The number of nitrogens with zero attached hydrogens (tertiary/aromatic N) is 1. The molecule has 1 aromatic heterocycles. The first kappa shape index (κ1) is 20.8. The Bertz CT molecular complexity index is 748. The molecule has 0 aliphatic carbocycles. The quantitative estimate of drug-likeness (QED) is 0.262. The molecule has 144 valence electrons. The highest BCUT2D eigenvalue weighted by atomic mass is 32.1. The van der Waals surface area contributed by atoms with E-state index in [1.165, 1.54) is 12.3 Å². The summed E-state index contributed by atoms with van der Waals surface area (Å²) in [5.74, 6) is 1.33. The van der Waals surface area contributed by atoms with E-state index in [9.17, 15) is 10.2 Å². The van der Waals surface area contributed by atoms with Gasteiger partial charge in [-0.3, -0.25) is 5.87 Å². The van der Waals surface area contributed by atoms with Crippen LogP contribution in [0.5, 0.6) is 0 Å². The number of furan rings is 1. The van der Waals surface area contributed by atoms with Crippen LogP contribution in [0.4, 0.5) is 0 Å². The summed E-state index contributed by atoms with van der Waals surface area (Å²) in [4.78, 5) is 12.6. The van der Waals surface area contributed by atoms with Crippen LogP contribution in [0.2, 0.25) is 0 Å². The number of nitrogens with one attached hydrogen (secondary N) is 1. The highest BCUT2D eigenvalue weighted by Crippen LogP contribution is 2.36. The molecular weight excluding hydrogens is 366 g/mol. The van der Waals surface area contributed by atoms with Crippen molar-refractivity contribution in [1.29, 1.82) is 0 Å². The Morgan fingerprint density at radius 2 is 2.30 bits per heavy atom. The van der Waals surface area contributed by atoms with Crippen LogP contribution in [-0.2, 0) is 14.3 Å². The van der Waals surface area contributed by atoms with E-state index >= 15 is 0 Å². The molecule has 7 nitrogen and oxygen atoms in total. The van der Waals surface area contributed by atoms with Gasteiger partial charge in [-0.1, -0.05) is 24.9 Å². The van der Waals surface area contributed by atoms with Crippen LogP contribution >= 0.6 is 12.2 Å². The van der Waals surface area contributed by atoms with Crippen molar-refractivity contribution < 1.29 is 24.0 Å². The van der Waals surface area contributed by atoms with Crippen LogP contribution in [0.15, 0.2) is 52.3 Å². The number of hydrogen-bond donors (Lipinski definition) is 2. The maximum atomic E-state index is 12.3. The lowest BCUT2D eigenvalue weighted by Crippen LogP contribution is -2.87. The molecule has 0 aromatic carbocycles. The van der Waals surface area contributed by atoms with Gasteiger partial charge in [0, 0.05) is 11.3 Å². The first-order chi connectivity index (χ1) is 13.1. The number of thiocarbonyl (C=S) groups is 1. The van der Waals surface area contributed by atoms with Gasteiger partial charge in [0.05, 0.1) is 44.1 Å². The monoisotopic (exact) mass is 389 g/mol. The zero-order valence-corrected chi connectivity index (χ0v) is 16.0. The minimum atomic E-state index is -0.656. The lowest BCUT2D eigenvalue weighted by atomic mass is 9.85. The fraction of sp³-hybridized carbons (Fsp3) is 0.368. The van der Waals surface area contributed by atoms with E-state index in [0.717, 1.165) is 26.3 Å². The van der Waals surface area contributed by atoms with Gasteiger partial charge in [-0.2, -0.15) is 0 Å². The Kier molecular flexibility index (Phi) is 8.16. The minimum absolute atomic E-state index is 0.0901. The summed E-state index contributed by atoms with van der Waals surface area (Å²) in [6.07, 6.45) is 2.96. The molecule has 0 bridgehead atoms. The smallest absolute Gasteiger partial charge is 0.337 e.